The number of carbonyl (C=O) groups excluding carboxylic acids is 7. The standard InChI is InChI=1S/C47H60N14O7/c48-33-16-17-40(62)53-18-6-5-12-35(41(49)63)57-45(67)38(22-30-24-55-34-11-4-3-10-32(30)34)61-43(65)36(13-7-19-54-47(50)51)58-44(66)37(21-27-14-15-28-8-1-2-9-29(28)20-27)60-46(68)39(59-42(33)64)23-31-25-52-26-56-31/h1-4,8-11,14-15,20,24-26,33,35-39,55H,5-7,12-13,16-19,21-23,48H2,(H2,49,63)(H,52,56)(H,53,62)(H,57,67)(H,58,66)(H,59,64)(H,60,68)(H,61,65)(H4,50,51,54)/t33-,35-,36-,37+,38-,39-/m0/s1. The van der Waals surface area contributed by atoms with Crippen LogP contribution in [0.3, 0.4) is 0 Å². The van der Waals surface area contributed by atoms with E-state index in [-0.39, 0.29) is 76.3 Å². The fourth-order valence-corrected chi connectivity index (χ4v) is 8.00. The second-order valence-corrected chi connectivity index (χ2v) is 16.9. The van der Waals surface area contributed by atoms with Crippen LogP contribution in [0.5, 0.6) is 0 Å². The largest absolute Gasteiger partial charge is 0.370 e. The summed E-state index contributed by atoms with van der Waals surface area (Å²) in [6, 6.07) is 13.1. The van der Waals surface area contributed by atoms with Crippen molar-refractivity contribution >= 4 is 69.0 Å². The van der Waals surface area contributed by atoms with Gasteiger partial charge in [-0.3, -0.25) is 38.6 Å². The number of amides is 7. The molecule has 6 atom stereocenters. The van der Waals surface area contributed by atoms with Gasteiger partial charge < -0.3 is 64.8 Å². The monoisotopic (exact) mass is 932 g/mol. The van der Waals surface area contributed by atoms with Crippen LogP contribution in [0.1, 0.15) is 61.8 Å². The number of aliphatic imine (C=N–C) groups is 1. The molecule has 3 aromatic carbocycles. The number of aromatic nitrogens is 3. The molecule has 1 saturated heterocycles. The first-order valence-electron chi connectivity index (χ1n) is 22.6. The highest BCUT2D eigenvalue weighted by molar-refractivity contribution is 5.97. The molecular weight excluding hydrogens is 873 g/mol. The number of imidazole rings is 1. The second kappa shape index (κ2) is 24.1. The van der Waals surface area contributed by atoms with Crippen LogP contribution in [0, 0.1) is 0 Å². The number of H-pyrrole nitrogens is 2. The van der Waals surface area contributed by atoms with Crippen LogP contribution in [-0.2, 0) is 52.8 Å². The Morgan fingerprint density at radius 3 is 2.09 bits per heavy atom. The summed E-state index contributed by atoms with van der Waals surface area (Å²) >= 11 is 0. The number of carbonyl (C=O) groups is 7. The topological polar surface area (TPSA) is 353 Å². The lowest BCUT2D eigenvalue weighted by Crippen LogP contribution is -2.60. The van der Waals surface area contributed by atoms with Gasteiger partial charge in [0.2, 0.25) is 41.4 Å². The number of fused-ring (bicyclic) bond motifs is 2. The molecule has 1 aliphatic heterocycles. The predicted octanol–water partition coefficient (Wildman–Crippen LogP) is -0.557. The molecule has 7 amide bonds. The summed E-state index contributed by atoms with van der Waals surface area (Å²) in [5.74, 6) is -5.02. The van der Waals surface area contributed by atoms with Crippen molar-refractivity contribution in [2.45, 2.75) is 100 Å². The van der Waals surface area contributed by atoms with Crippen molar-refractivity contribution in [3.8, 4) is 0 Å². The maximum absolute atomic E-state index is 14.7. The maximum Gasteiger partial charge on any atom is 0.243 e. The Hall–Kier alpha value is -7.81. The first-order valence-corrected chi connectivity index (χ1v) is 22.6. The first kappa shape index (κ1) is 49.6. The van der Waals surface area contributed by atoms with Crippen molar-refractivity contribution in [1.29, 1.82) is 0 Å². The average Bonchev–Trinajstić information content (AvgIpc) is 4.00. The predicted molar refractivity (Wildman–Crippen MR) is 255 cm³/mol. The van der Waals surface area contributed by atoms with E-state index < -0.39 is 71.7 Å². The van der Waals surface area contributed by atoms with Crippen molar-refractivity contribution in [3.05, 3.63) is 102 Å². The molecule has 0 unspecified atom stereocenters. The van der Waals surface area contributed by atoms with Gasteiger partial charge in [-0.15, -0.1) is 0 Å². The first-order chi connectivity index (χ1) is 32.7. The van der Waals surface area contributed by atoms with E-state index in [2.05, 4.69) is 51.8 Å². The molecule has 21 nitrogen and oxygen atoms in total. The number of hydrogen-bond acceptors (Lipinski definition) is 10. The van der Waals surface area contributed by atoms with Crippen molar-refractivity contribution in [3.63, 3.8) is 0 Å². The smallest absolute Gasteiger partial charge is 0.243 e. The molecule has 1 aliphatic rings. The maximum atomic E-state index is 14.7. The van der Waals surface area contributed by atoms with Crippen molar-refractivity contribution in [1.82, 2.24) is 46.9 Å². The number of para-hydroxylation sites is 1. The van der Waals surface area contributed by atoms with Gasteiger partial charge in [0.1, 0.15) is 30.2 Å². The molecule has 0 saturated carbocycles. The van der Waals surface area contributed by atoms with Crippen LogP contribution in [0.25, 0.3) is 21.7 Å². The highest BCUT2D eigenvalue weighted by Gasteiger charge is 2.34. The molecule has 16 N–H and O–H groups in total. The molecule has 5 aromatic rings. The van der Waals surface area contributed by atoms with Crippen LogP contribution in [-0.4, -0.2) is 112 Å². The minimum atomic E-state index is -1.33. The van der Waals surface area contributed by atoms with Crippen LogP contribution in [0.2, 0.25) is 0 Å². The molecule has 2 aromatic heterocycles. The third kappa shape index (κ3) is 14.3. The third-order valence-electron chi connectivity index (χ3n) is 11.7. The van der Waals surface area contributed by atoms with Crippen LogP contribution in [0.15, 0.2) is 90.4 Å². The van der Waals surface area contributed by atoms with Gasteiger partial charge in [0.25, 0.3) is 0 Å². The summed E-state index contributed by atoms with van der Waals surface area (Å²) in [5, 5.41) is 19.2. The normalized spacial score (nSPS) is 22.1. The van der Waals surface area contributed by atoms with E-state index in [1.807, 2.05) is 66.7 Å². The van der Waals surface area contributed by atoms with E-state index in [1.54, 1.807) is 6.20 Å². The highest BCUT2D eigenvalue weighted by Crippen LogP contribution is 2.21. The summed E-state index contributed by atoms with van der Waals surface area (Å²) < 4.78 is 0. The molecular formula is C47H60N14O7. The molecule has 0 spiro atoms. The molecule has 0 bridgehead atoms. The minimum absolute atomic E-state index is 0.0107. The molecule has 1 fully saturated rings. The van der Waals surface area contributed by atoms with Gasteiger partial charge in [0, 0.05) is 67.8 Å². The number of hydrogen-bond donors (Lipinski definition) is 12. The molecule has 21 heteroatoms. The van der Waals surface area contributed by atoms with E-state index in [0.29, 0.717) is 29.7 Å². The Balaban J connectivity index is 1.36. The van der Waals surface area contributed by atoms with Gasteiger partial charge in [-0.25, -0.2) is 4.98 Å². The summed E-state index contributed by atoms with van der Waals surface area (Å²) in [7, 11) is 0. The summed E-state index contributed by atoms with van der Waals surface area (Å²) in [6.07, 6.45) is 5.45. The van der Waals surface area contributed by atoms with Gasteiger partial charge in [-0.1, -0.05) is 60.7 Å². The van der Waals surface area contributed by atoms with Crippen LogP contribution < -0.4 is 54.8 Å². The Morgan fingerprint density at radius 2 is 1.35 bits per heavy atom. The van der Waals surface area contributed by atoms with Crippen molar-refractivity contribution in [2.24, 2.45) is 27.9 Å². The zero-order valence-corrected chi connectivity index (χ0v) is 37.6. The van der Waals surface area contributed by atoms with Gasteiger partial charge >= 0.3 is 0 Å². The number of rotatable bonds is 11. The fraction of sp³-hybridized carbons (Fsp3) is 0.383. The molecule has 360 valence electrons. The molecule has 0 aliphatic carbocycles. The lowest BCUT2D eigenvalue weighted by atomic mass is 9.99. The summed E-state index contributed by atoms with van der Waals surface area (Å²) in [5.41, 5.74) is 25.8. The zero-order chi connectivity index (χ0) is 48.6. The average molecular weight is 933 g/mol. The van der Waals surface area contributed by atoms with E-state index >= 15 is 0 Å². The Kier molecular flexibility index (Phi) is 17.6. The van der Waals surface area contributed by atoms with E-state index in [1.165, 1.54) is 12.5 Å². The molecule has 0 radical (unpaired) electrons. The zero-order valence-electron chi connectivity index (χ0n) is 37.6. The minimum Gasteiger partial charge on any atom is -0.370 e. The van der Waals surface area contributed by atoms with Gasteiger partial charge in [0.05, 0.1) is 12.4 Å². The van der Waals surface area contributed by atoms with Gasteiger partial charge in [-0.2, -0.15) is 0 Å². The molecule has 6 rings (SSSR count). The summed E-state index contributed by atoms with van der Waals surface area (Å²) in [6.45, 7) is 0.321. The Labute approximate surface area is 392 Å². The molecule has 68 heavy (non-hydrogen) atoms. The molecule has 3 heterocycles. The number of guanidine groups is 1. The van der Waals surface area contributed by atoms with Gasteiger partial charge in [-0.05, 0) is 66.5 Å². The highest BCUT2D eigenvalue weighted by atomic mass is 16.2. The van der Waals surface area contributed by atoms with E-state index in [0.717, 1.165) is 21.7 Å². The van der Waals surface area contributed by atoms with Crippen LogP contribution >= 0.6 is 0 Å². The fourth-order valence-electron chi connectivity index (χ4n) is 8.00. The number of nitrogens with zero attached hydrogens (tertiary/aromatic N) is 2. The van der Waals surface area contributed by atoms with E-state index in [9.17, 15) is 33.6 Å². The Morgan fingerprint density at radius 1 is 0.691 bits per heavy atom. The number of nitrogens with two attached hydrogens (primary N) is 4. The third-order valence-corrected chi connectivity index (χ3v) is 11.7. The quantitative estimate of drug-likeness (QED) is 0.0453. The van der Waals surface area contributed by atoms with Crippen LogP contribution in [0.4, 0.5) is 0 Å². The number of primary amides is 1. The van der Waals surface area contributed by atoms with Crippen molar-refractivity contribution in [2.75, 3.05) is 13.1 Å². The lowest BCUT2D eigenvalue weighted by Gasteiger charge is -2.27. The van der Waals surface area contributed by atoms with Gasteiger partial charge in [0.15, 0.2) is 5.96 Å². The lowest BCUT2D eigenvalue weighted by molar-refractivity contribution is -0.135. The second-order valence-electron chi connectivity index (χ2n) is 16.9. The number of benzene rings is 3. The SMILES string of the molecule is NC(=O)[C@@H]1CCCCNC(=O)CC[C@H](N)C(=O)N[C@@H](Cc2cnc[nH]2)C(=O)N[C@H](Cc2ccc3ccccc3c2)C(=O)N[C@@H](CCCN=C(N)N)C(=O)N[C@@H](Cc2c[nH]c3ccccc23)C(=O)N1. The number of nitrogens with one attached hydrogen (secondary N) is 8. The number of aromatic amines is 2. The summed E-state index contributed by atoms with van der Waals surface area (Å²) in [4.78, 5) is 111. The Bertz CT molecular complexity index is 2590. The van der Waals surface area contributed by atoms with E-state index in [4.69, 9.17) is 22.9 Å². The van der Waals surface area contributed by atoms with Crippen molar-refractivity contribution < 1.29 is 33.6 Å².